The molecule has 0 radical (unpaired) electrons. The monoisotopic (exact) mass is 385 g/mol. The number of benzene rings is 2. The summed E-state index contributed by atoms with van der Waals surface area (Å²) in [6.07, 6.45) is 0. The molecule has 0 aliphatic rings. The fraction of sp³-hybridized carbons (Fsp3) is 0.211. The average molecular weight is 385 g/mol. The van der Waals surface area contributed by atoms with E-state index in [1.807, 2.05) is 0 Å². The molecule has 1 heterocycles. The Balaban J connectivity index is 1.85. The second-order valence-corrected chi connectivity index (χ2v) is 5.50. The van der Waals surface area contributed by atoms with E-state index in [4.69, 9.17) is 23.4 Å². The summed E-state index contributed by atoms with van der Waals surface area (Å²) in [6, 6.07) is 9.97. The highest BCUT2D eigenvalue weighted by Crippen LogP contribution is 2.33. The Labute approximate surface area is 161 Å². The van der Waals surface area contributed by atoms with Crippen LogP contribution in [0.4, 0.5) is 6.01 Å². The van der Waals surface area contributed by atoms with Crippen molar-refractivity contribution >= 4 is 11.9 Å². The van der Waals surface area contributed by atoms with E-state index in [9.17, 15) is 4.79 Å². The van der Waals surface area contributed by atoms with Crippen molar-refractivity contribution in [1.82, 2.24) is 10.2 Å². The van der Waals surface area contributed by atoms with Gasteiger partial charge in [0, 0.05) is 6.07 Å². The van der Waals surface area contributed by atoms with Crippen LogP contribution in [0.1, 0.15) is 10.4 Å². The van der Waals surface area contributed by atoms with Gasteiger partial charge in [-0.3, -0.25) is 10.1 Å². The highest BCUT2D eigenvalue weighted by molar-refractivity contribution is 6.05. The molecule has 9 nitrogen and oxygen atoms in total. The van der Waals surface area contributed by atoms with Gasteiger partial charge in [0.1, 0.15) is 23.0 Å². The highest BCUT2D eigenvalue weighted by Gasteiger charge is 2.19. The number of nitrogens with zero attached hydrogens (tertiary/aromatic N) is 2. The molecule has 0 aliphatic heterocycles. The molecule has 9 heteroatoms. The van der Waals surface area contributed by atoms with Crippen LogP contribution in [0.3, 0.4) is 0 Å². The first-order valence-corrected chi connectivity index (χ1v) is 8.19. The molecular formula is C19H19N3O6. The molecule has 0 saturated carbocycles. The van der Waals surface area contributed by atoms with Gasteiger partial charge < -0.3 is 23.4 Å². The number of carbonyl (C=O) groups excluding carboxylic acids is 1. The third kappa shape index (κ3) is 3.83. The fourth-order valence-corrected chi connectivity index (χ4v) is 2.51. The smallest absolute Gasteiger partial charge is 0.322 e. The number of anilines is 1. The third-order valence-electron chi connectivity index (χ3n) is 3.94. The Hall–Kier alpha value is -3.75. The molecule has 0 atom stereocenters. The predicted octanol–water partition coefficient (Wildman–Crippen LogP) is 3.02. The normalized spacial score (nSPS) is 10.3. The Morgan fingerprint density at radius 2 is 1.54 bits per heavy atom. The lowest BCUT2D eigenvalue weighted by atomic mass is 10.1. The first-order valence-electron chi connectivity index (χ1n) is 8.19. The highest BCUT2D eigenvalue weighted by atomic mass is 16.5. The number of hydrogen-bond acceptors (Lipinski definition) is 8. The third-order valence-corrected chi connectivity index (χ3v) is 3.94. The number of amides is 1. The maximum absolute atomic E-state index is 12.6. The molecular weight excluding hydrogens is 366 g/mol. The van der Waals surface area contributed by atoms with Crippen molar-refractivity contribution in [3.05, 3.63) is 42.0 Å². The van der Waals surface area contributed by atoms with E-state index in [0.717, 1.165) is 0 Å². The van der Waals surface area contributed by atoms with Crippen molar-refractivity contribution in [3.8, 4) is 34.5 Å². The molecule has 3 rings (SSSR count). The van der Waals surface area contributed by atoms with Crippen molar-refractivity contribution in [2.45, 2.75) is 0 Å². The molecule has 2 aromatic carbocycles. The molecule has 0 unspecified atom stereocenters. The van der Waals surface area contributed by atoms with Gasteiger partial charge in [0.05, 0.1) is 39.6 Å². The lowest BCUT2D eigenvalue weighted by molar-refractivity contribution is 0.102. The second-order valence-electron chi connectivity index (χ2n) is 5.50. The number of rotatable bonds is 7. The number of hydrogen-bond donors (Lipinski definition) is 1. The van der Waals surface area contributed by atoms with Crippen LogP contribution in [0, 0.1) is 0 Å². The standard InChI is InChI=1S/C19H19N3O6/c1-24-11-6-8-15(26-3)14(9-11)17(23)20-19-22-21-18(28-19)13-7-5-12(25-2)10-16(13)27-4/h5-10H,1-4H3,(H,20,22,23). The SMILES string of the molecule is COc1ccc(-c2nnc(NC(=O)c3cc(OC)ccc3OC)o2)c(OC)c1. The van der Waals surface area contributed by atoms with Crippen LogP contribution in [-0.2, 0) is 0 Å². The zero-order chi connectivity index (χ0) is 20.1. The van der Waals surface area contributed by atoms with Gasteiger partial charge >= 0.3 is 6.01 Å². The number of methoxy groups -OCH3 is 4. The van der Waals surface area contributed by atoms with Crippen LogP contribution in [-0.4, -0.2) is 44.5 Å². The zero-order valence-corrected chi connectivity index (χ0v) is 15.8. The summed E-state index contributed by atoms with van der Waals surface area (Å²) >= 11 is 0. The quantitative estimate of drug-likeness (QED) is 0.662. The van der Waals surface area contributed by atoms with E-state index in [0.29, 0.717) is 28.6 Å². The van der Waals surface area contributed by atoms with Gasteiger partial charge in [-0.2, -0.15) is 0 Å². The average Bonchev–Trinajstić information content (AvgIpc) is 3.20. The van der Waals surface area contributed by atoms with Gasteiger partial charge in [0.15, 0.2) is 0 Å². The molecule has 28 heavy (non-hydrogen) atoms. The minimum Gasteiger partial charge on any atom is -0.497 e. The van der Waals surface area contributed by atoms with E-state index in [1.54, 1.807) is 43.5 Å². The van der Waals surface area contributed by atoms with Gasteiger partial charge in [-0.25, -0.2) is 0 Å². The largest absolute Gasteiger partial charge is 0.497 e. The topological polar surface area (TPSA) is 105 Å². The van der Waals surface area contributed by atoms with Gasteiger partial charge in [-0.15, -0.1) is 5.10 Å². The molecule has 0 fully saturated rings. The number of nitrogens with one attached hydrogen (secondary N) is 1. The Morgan fingerprint density at radius 3 is 2.21 bits per heavy atom. The summed E-state index contributed by atoms with van der Waals surface area (Å²) in [5.41, 5.74) is 0.832. The van der Waals surface area contributed by atoms with Gasteiger partial charge in [-0.05, 0) is 30.3 Å². The first-order chi connectivity index (χ1) is 13.6. The van der Waals surface area contributed by atoms with Gasteiger partial charge in [-0.1, -0.05) is 5.10 Å². The molecule has 0 aliphatic carbocycles. The molecule has 3 aromatic rings. The lowest BCUT2D eigenvalue weighted by Gasteiger charge is -2.09. The maximum Gasteiger partial charge on any atom is 0.322 e. The molecule has 1 amide bonds. The summed E-state index contributed by atoms with van der Waals surface area (Å²) in [5, 5.41) is 10.4. The van der Waals surface area contributed by atoms with Crippen molar-refractivity contribution < 1.29 is 28.2 Å². The van der Waals surface area contributed by atoms with Crippen molar-refractivity contribution in [2.24, 2.45) is 0 Å². The van der Waals surface area contributed by atoms with Crippen LogP contribution in [0.25, 0.3) is 11.5 Å². The predicted molar refractivity (Wildman–Crippen MR) is 100 cm³/mol. The maximum atomic E-state index is 12.6. The van der Waals surface area contributed by atoms with Gasteiger partial charge in [0.25, 0.3) is 11.8 Å². The number of aromatic nitrogens is 2. The van der Waals surface area contributed by atoms with Crippen LogP contribution >= 0.6 is 0 Å². The minimum atomic E-state index is -0.479. The van der Waals surface area contributed by atoms with E-state index in [-0.39, 0.29) is 17.5 Å². The van der Waals surface area contributed by atoms with E-state index in [1.165, 1.54) is 21.3 Å². The summed E-state index contributed by atoms with van der Waals surface area (Å²) in [7, 11) is 6.06. The lowest BCUT2D eigenvalue weighted by Crippen LogP contribution is -2.13. The number of carbonyl (C=O) groups is 1. The van der Waals surface area contributed by atoms with E-state index >= 15 is 0 Å². The Bertz CT molecular complexity index is 986. The van der Waals surface area contributed by atoms with E-state index in [2.05, 4.69) is 15.5 Å². The first kappa shape index (κ1) is 19.0. The molecule has 1 aromatic heterocycles. The van der Waals surface area contributed by atoms with Crippen molar-refractivity contribution in [3.63, 3.8) is 0 Å². The van der Waals surface area contributed by atoms with Crippen LogP contribution in [0.15, 0.2) is 40.8 Å². The molecule has 1 N–H and O–H groups in total. The van der Waals surface area contributed by atoms with Crippen molar-refractivity contribution in [1.29, 1.82) is 0 Å². The van der Waals surface area contributed by atoms with Crippen molar-refractivity contribution in [2.75, 3.05) is 33.8 Å². The Kier molecular flexibility index (Phi) is 5.64. The molecule has 0 saturated heterocycles. The van der Waals surface area contributed by atoms with Crippen LogP contribution < -0.4 is 24.3 Å². The summed E-state index contributed by atoms with van der Waals surface area (Å²) in [6.45, 7) is 0. The molecule has 0 spiro atoms. The fourth-order valence-electron chi connectivity index (χ4n) is 2.51. The summed E-state index contributed by atoms with van der Waals surface area (Å²) in [4.78, 5) is 12.6. The van der Waals surface area contributed by atoms with Crippen LogP contribution in [0.5, 0.6) is 23.0 Å². The molecule has 0 bridgehead atoms. The summed E-state index contributed by atoms with van der Waals surface area (Å²) in [5.74, 6) is 1.73. The van der Waals surface area contributed by atoms with Crippen LogP contribution in [0.2, 0.25) is 0 Å². The van der Waals surface area contributed by atoms with Gasteiger partial charge in [0.2, 0.25) is 0 Å². The molecule has 146 valence electrons. The van der Waals surface area contributed by atoms with E-state index < -0.39 is 5.91 Å². The number of ether oxygens (including phenoxy) is 4. The summed E-state index contributed by atoms with van der Waals surface area (Å²) < 4.78 is 26.4. The Morgan fingerprint density at radius 1 is 0.857 bits per heavy atom. The second kappa shape index (κ2) is 8.30. The minimum absolute atomic E-state index is 0.0669. The zero-order valence-electron chi connectivity index (χ0n) is 15.8.